The molecule has 0 bridgehead atoms. The van der Waals surface area contributed by atoms with Gasteiger partial charge >= 0.3 is 0 Å². The third-order valence-electron chi connectivity index (χ3n) is 5.36. The average Bonchev–Trinajstić information content (AvgIpc) is 2.73. The van der Waals surface area contributed by atoms with Crippen molar-refractivity contribution in [2.45, 2.75) is 45.1 Å². The Bertz CT molecular complexity index is 670. The summed E-state index contributed by atoms with van der Waals surface area (Å²) in [4.78, 5) is 14.7. The van der Waals surface area contributed by atoms with Crippen molar-refractivity contribution in [3.8, 4) is 11.8 Å². The summed E-state index contributed by atoms with van der Waals surface area (Å²) < 4.78 is 6.35. The zero-order chi connectivity index (χ0) is 17.9. The van der Waals surface area contributed by atoms with Crippen LogP contribution in [-0.2, 0) is 0 Å². The number of rotatable bonds is 4. The first-order valence-corrected chi connectivity index (χ1v) is 9.09. The Morgan fingerprint density at radius 1 is 1.32 bits per heavy atom. The Morgan fingerprint density at radius 3 is 2.76 bits per heavy atom. The number of ether oxygens (including phenoxy) is 1. The van der Waals surface area contributed by atoms with Crippen LogP contribution < -0.4 is 10.1 Å². The molecule has 1 aromatic rings. The minimum atomic E-state index is -0.310. The van der Waals surface area contributed by atoms with Crippen LogP contribution >= 0.6 is 0 Å². The minimum absolute atomic E-state index is 0.0486. The third kappa shape index (κ3) is 4.13. The van der Waals surface area contributed by atoms with Crippen LogP contribution in [0.25, 0.3) is 0 Å². The second-order valence-corrected chi connectivity index (χ2v) is 8.06. The quantitative estimate of drug-likeness (QED) is 0.914. The van der Waals surface area contributed by atoms with Crippen molar-refractivity contribution < 1.29 is 9.53 Å². The third-order valence-corrected chi connectivity index (χ3v) is 5.36. The van der Waals surface area contributed by atoms with Crippen molar-refractivity contribution in [2.24, 2.45) is 5.41 Å². The van der Waals surface area contributed by atoms with Gasteiger partial charge in [0, 0.05) is 38.9 Å². The van der Waals surface area contributed by atoms with Crippen LogP contribution in [0.15, 0.2) is 24.3 Å². The number of nitriles is 1. The number of hydrogen-bond donors (Lipinski definition) is 1. The molecular formula is C20H27N3O2. The molecule has 1 aromatic carbocycles. The molecule has 0 aromatic heterocycles. The maximum absolute atomic E-state index is 12.3. The van der Waals surface area contributed by atoms with Gasteiger partial charge in [-0.1, -0.05) is 26.0 Å². The Labute approximate surface area is 150 Å². The van der Waals surface area contributed by atoms with Crippen LogP contribution in [-0.4, -0.2) is 42.6 Å². The molecular weight excluding hydrogens is 314 g/mol. The van der Waals surface area contributed by atoms with E-state index in [4.69, 9.17) is 10.00 Å². The van der Waals surface area contributed by atoms with E-state index in [0.717, 1.165) is 38.9 Å². The van der Waals surface area contributed by atoms with Crippen LogP contribution in [0.2, 0.25) is 0 Å². The SMILES string of the molecule is CC(C)(CCC#N)CN1CCC2(CC1)CNC(=O)c1ccccc1O2. The topological polar surface area (TPSA) is 65.4 Å². The number of carbonyl (C=O) groups excluding carboxylic acids is 1. The molecule has 1 saturated heterocycles. The van der Waals surface area contributed by atoms with Crippen molar-refractivity contribution in [2.75, 3.05) is 26.2 Å². The van der Waals surface area contributed by atoms with Gasteiger partial charge in [-0.25, -0.2) is 0 Å². The lowest BCUT2D eigenvalue weighted by Crippen LogP contribution is -2.54. The highest BCUT2D eigenvalue weighted by Crippen LogP contribution is 2.34. The number of para-hydroxylation sites is 1. The molecule has 1 N–H and O–H groups in total. The Kier molecular flexibility index (Phi) is 5.01. The van der Waals surface area contributed by atoms with Gasteiger partial charge in [0.1, 0.15) is 11.4 Å². The highest BCUT2D eigenvalue weighted by atomic mass is 16.5. The second-order valence-electron chi connectivity index (χ2n) is 8.06. The molecule has 134 valence electrons. The number of carbonyl (C=O) groups is 1. The maximum Gasteiger partial charge on any atom is 0.255 e. The van der Waals surface area contributed by atoms with E-state index in [-0.39, 0.29) is 16.9 Å². The standard InChI is InChI=1S/C20H27N3O2/c1-19(2,8-5-11-21)15-23-12-9-20(10-13-23)14-22-18(24)16-6-3-4-7-17(16)25-20/h3-4,6-7H,5,8-10,12-15H2,1-2H3,(H,22,24). The van der Waals surface area contributed by atoms with E-state index in [0.29, 0.717) is 24.3 Å². The van der Waals surface area contributed by atoms with Gasteiger partial charge in [-0.15, -0.1) is 0 Å². The first-order chi connectivity index (χ1) is 11.9. The molecule has 5 nitrogen and oxygen atoms in total. The number of benzene rings is 1. The van der Waals surface area contributed by atoms with Gasteiger partial charge in [0.15, 0.2) is 0 Å². The lowest BCUT2D eigenvalue weighted by atomic mass is 9.85. The predicted molar refractivity (Wildman–Crippen MR) is 96.4 cm³/mol. The summed E-state index contributed by atoms with van der Waals surface area (Å²) >= 11 is 0. The van der Waals surface area contributed by atoms with E-state index >= 15 is 0 Å². The monoisotopic (exact) mass is 341 g/mol. The van der Waals surface area contributed by atoms with Gasteiger partial charge in [0.25, 0.3) is 5.91 Å². The van der Waals surface area contributed by atoms with Gasteiger partial charge in [-0.05, 0) is 24.0 Å². The van der Waals surface area contributed by atoms with Gasteiger partial charge in [0.2, 0.25) is 0 Å². The van der Waals surface area contributed by atoms with Crippen LogP contribution in [0.4, 0.5) is 0 Å². The van der Waals surface area contributed by atoms with Crippen molar-refractivity contribution in [1.82, 2.24) is 10.2 Å². The highest BCUT2D eigenvalue weighted by Gasteiger charge is 2.40. The maximum atomic E-state index is 12.3. The number of fused-ring (bicyclic) bond motifs is 1. The molecule has 0 saturated carbocycles. The summed E-state index contributed by atoms with van der Waals surface area (Å²) in [7, 11) is 0. The Hall–Kier alpha value is -2.06. The normalized spacial score (nSPS) is 20.1. The first kappa shape index (κ1) is 17.8. The van der Waals surface area contributed by atoms with Crippen LogP contribution in [0.5, 0.6) is 5.75 Å². The van der Waals surface area contributed by atoms with Crippen LogP contribution in [0, 0.1) is 16.7 Å². The smallest absolute Gasteiger partial charge is 0.255 e. The molecule has 25 heavy (non-hydrogen) atoms. The van der Waals surface area contributed by atoms with E-state index in [1.165, 1.54) is 0 Å². The van der Waals surface area contributed by atoms with Gasteiger partial charge in [-0.2, -0.15) is 5.26 Å². The van der Waals surface area contributed by atoms with Gasteiger partial charge in [0.05, 0.1) is 18.2 Å². The van der Waals surface area contributed by atoms with Crippen molar-refractivity contribution in [3.05, 3.63) is 29.8 Å². The van der Waals surface area contributed by atoms with Crippen molar-refractivity contribution in [3.63, 3.8) is 0 Å². The summed E-state index contributed by atoms with van der Waals surface area (Å²) in [5.41, 5.74) is 0.459. The predicted octanol–water partition coefficient (Wildman–Crippen LogP) is 2.97. The molecule has 2 aliphatic rings. The van der Waals surface area contributed by atoms with E-state index < -0.39 is 0 Å². The van der Waals surface area contributed by atoms with Crippen molar-refractivity contribution in [1.29, 1.82) is 5.26 Å². The summed E-state index contributed by atoms with van der Waals surface area (Å²) in [6, 6.07) is 9.74. The number of amides is 1. The molecule has 5 heteroatoms. The summed E-state index contributed by atoms with van der Waals surface area (Å²) in [6.45, 7) is 7.92. The zero-order valence-corrected chi connectivity index (χ0v) is 15.2. The van der Waals surface area contributed by atoms with E-state index in [1.807, 2.05) is 24.3 Å². The van der Waals surface area contributed by atoms with Gasteiger partial charge in [-0.3, -0.25) is 4.79 Å². The fourth-order valence-corrected chi connectivity index (χ4v) is 3.83. The number of piperidine rings is 1. The molecule has 3 rings (SSSR count). The average molecular weight is 341 g/mol. The molecule has 2 aliphatic heterocycles. The fourth-order valence-electron chi connectivity index (χ4n) is 3.83. The summed E-state index contributed by atoms with van der Waals surface area (Å²) in [5, 5.41) is 11.8. The molecule has 0 aliphatic carbocycles. The summed E-state index contributed by atoms with van der Waals surface area (Å²) in [6.07, 6.45) is 3.33. The Morgan fingerprint density at radius 2 is 2.04 bits per heavy atom. The zero-order valence-electron chi connectivity index (χ0n) is 15.2. The second kappa shape index (κ2) is 7.05. The molecule has 1 amide bonds. The molecule has 1 fully saturated rings. The molecule has 0 atom stereocenters. The highest BCUT2D eigenvalue weighted by molar-refractivity contribution is 5.97. The van der Waals surface area contributed by atoms with Crippen LogP contribution in [0.1, 0.15) is 49.9 Å². The number of nitrogens with zero attached hydrogens (tertiary/aromatic N) is 2. The number of nitrogens with one attached hydrogen (secondary N) is 1. The first-order valence-electron chi connectivity index (χ1n) is 9.09. The molecule has 2 heterocycles. The molecule has 0 unspecified atom stereocenters. The lowest BCUT2D eigenvalue weighted by molar-refractivity contribution is -0.00337. The largest absolute Gasteiger partial charge is 0.485 e. The van der Waals surface area contributed by atoms with Crippen LogP contribution in [0.3, 0.4) is 0 Å². The van der Waals surface area contributed by atoms with E-state index in [9.17, 15) is 4.79 Å². The number of hydrogen-bond acceptors (Lipinski definition) is 4. The molecule has 1 spiro atoms. The van der Waals surface area contributed by atoms with E-state index in [2.05, 4.69) is 30.1 Å². The molecule has 0 radical (unpaired) electrons. The minimum Gasteiger partial charge on any atom is -0.485 e. The van der Waals surface area contributed by atoms with Gasteiger partial charge < -0.3 is 15.0 Å². The van der Waals surface area contributed by atoms with E-state index in [1.54, 1.807) is 0 Å². The lowest BCUT2D eigenvalue weighted by Gasteiger charge is -2.43. The Balaban J connectivity index is 1.64. The van der Waals surface area contributed by atoms with Crippen molar-refractivity contribution >= 4 is 5.91 Å². The fraction of sp³-hybridized carbons (Fsp3) is 0.600. The number of likely N-dealkylation sites (tertiary alicyclic amines) is 1. The summed E-state index contributed by atoms with van der Waals surface area (Å²) in [5.74, 6) is 0.646.